The van der Waals surface area contributed by atoms with Gasteiger partial charge in [0.1, 0.15) is 0 Å². The molecule has 0 bridgehead atoms. The van der Waals surface area contributed by atoms with Crippen molar-refractivity contribution in [3.63, 3.8) is 0 Å². The summed E-state index contributed by atoms with van der Waals surface area (Å²) in [5.41, 5.74) is 0. The van der Waals surface area contributed by atoms with E-state index in [0.717, 1.165) is 25.9 Å². The molecular formula is C12H23N3O2. The molecule has 0 aromatic heterocycles. The van der Waals surface area contributed by atoms with Gasteiger partial charge >= 0.3 is 0 Å². The molecular weight excluding hydrogens is 218 g/mol. The normalized spacial score (nSPS) is 15.1. The van der Waals surface area contributed by atoms with Crippen LogP contribution in [0, 0.1) is 0 Å². The van der Waals surface area contributed by atoms with Crippen LogP contribution < -0.4 is 5.32 Å². The number of rotatable bonds is 6. The van der Waals surface area contributed by atoms with Crippen LogP contribution in [0.5, 0.6) is 0 Å². The molecule has 0 radical (unpaired) electrons. The molecule has 1 N–H and O–H groups in total. The van der Waals surface area contributed by atoms with Crippen LogP contribution >= 0.6 is 0 Å². The minimum Gasteiger partial charge on any atom is -0.345 e. The number of carbonyl (C=O) groups is 2. The average Bonchev–Trinajstić information content (AvgIpc) is 2.86. The molecule has 0 aromatic carbocycles. The van der Waals surface area contributed by atoms with Crippen molar-refractivity contribution in [2.24, 2.45) is 0 Å². The highest BCUT2D eigenvalue weighted by Gasteiger charge is 2.17. The van der Waals surface area contributed by atoms with E-state index in [4.69, 9.17) is 0 Å². The van der Waals surface area contributed by atoms with Crippen molar-refractivity contribution in [3.05, 3.63) is 0 Å². The fourth-order valence-corrected chi connectivity index (χ4v) is 1.83. The van der Waals surface area contributed by atoms with Gasteiger partial charge in [0, 0.05) is 39.6 Å². The van der Waals surface area contributed by atoms with E-state index in [2.05, 4.69) is 5.32 Å². The predicted molar refractivity (Wildman–Crippen MR) is 66.6 cm³/mol. The van der Waals surface area contributed by atoms with Gasteiger partial charge in [0.15, 0.2) is 0 Å². The van der Waals surface area contributed by atoms with Gasteiger partial charge in [-0.15, -0.1) is 0 Å². The summed E-state index contributed by atoms with van der Waals surface area (Å²) in [4.78, 5) is 26.7. The average molecular weight is 241 g/mol. The second-order valence-corrected chi connectivity index (χ2v) is 4.42. The van der Waals surface area contributed by atoms with Gasteiger partial charge < -0.3 is 15.1 Å². The van der Waals surface area contributed by atoms with E-state index in [-0.39, 0.29) is 11.8 Å². The maximum absolute atomic E-state index is 11.7. The first kappa shape index (κ1) is 14.0. The Morgan fingerprint density at radius 2 is 1.94 bits per heavy atom. The summed E-state index contributed by atoms with van der Waals surface area (Å²) in [7, 11) is 1.78. The zero-order chi connectivity index (χ0) is 12.7. The van der Waals surface area contributed by atoms with Gasteiger partial charge in [0.05, 0.1) is 6.54 Å². The summed E-state index contributed by atoms with van der Waals surface area (Å²) in [5.74, 6) is 0.271. The second-order valence-electron chi connectivity index (χ2n) is 4.42. The number of nitrogens with one attached hydrogen (secondary N) is 1. The first-order chi connectivity index (χ1) is 8.15. The molecule has 2 amide bonds. The van der Waals surface area contributed by atoms with E-state index < -0.39 is 0 Å². The topological polar surface area (TPSA) is 52.7 Å². The van der Waals surface area contributed by atoms with Crippen molar-refractivity contribution in [1.82, 2.24) is 15.1 Å². The third-order valence-electron chi connectivity index (χ3n) is 3.15. The van der Waals surface area contributed by atoms with E-state index >= 15 is 0 Å². The Balaban J connectivity index is 2.07. The van der Waals surface area contributed by atoms with Gasteiger partial charge in [-0.3, -0.25) is 9.59 Å². The maximum atomic E-state index is 11.7. The SMILES string of the molecule is CCN(C)C(=O)CNCCC(=O)N1CCCC1. The van der Waals surface area contributed by atoms with Crippen molar-refractivity contribution in [2.45, 2.75) is 26.2 Å². The summed E-state index contributed by atoms with van der Waals surface area (Å²) in [6, 6.07) is 0. The molecule has 0 aromatic rings. The lowest BCUT2D eigenvalue weighted by Gasteiger charge is -2.16. The smallest absolute Gasteiger partial charge is 0.236 e. The molecule has 0 atom stereocenters. The lowest BCUT2D eigenvalue weighted by Crippen LogP contribution is -2.37. The molecule has 98 valence electrons. The Kier molecular flexibility index (Phi) is 5.97. The molecule has 5 nitrogen and oxygen atoms in total. The van der Waals surface area contributed by atoms with Crippen LogP contribution in [0.1, 0.15) is 26.2 Å². The Labute approximate surface area is 103 Å². The number of nitrogens with zero attached hydrogens (tertiary/aromatic N) is 2. The molecule has 17 heavy (non-hydrogen) atoms. The van der Waals surface area contributed by atoms with Crippen molar-refractivity contribution in [1.29, 1.82) is 0 Å². The summed E-state index contributed by atoms with van der Waals surface area (Å²) in [6.07, 6.45) is 2.74. The second kappa shape index (κ2) is 7.27. The third-order valence-corrected chi connectivity index (χ3v) is 3.15. The van der Waals surface area contributed by atoms with Gasteiger partial charge in [0.2, 0.25) is 11.8 Å². The van der Waals surface area contributed by atoms with Gasteiger partial charge in [0.25, 0.3) is 0 Å². The van der Waals surface area contributed by atoms with Gasteiger partial charge in [-0.1, -0.05) is 0 Å². The standard InChI is InChI=1S/C12H23N3O2/c1-3-14(2)12(17)10-13-7-6-11(16)15-8-4-5-9-15/h13H,3-10H2,1-2H3. The predicted octanol–water partition coefficient (Wildman–Crippen LogP) is 0.0668. The summed E-state index contributed by atoms with van der Waals surface area (Å²) in [6.45, 7) is 5.35. The highest BCUT2D eigenvalue weighted by atomic mass is 16.2. The van der Waals surface area contributed by atoms with Crippen LogP contribution in [-0.4, -0.2) is 61.4 Å². The summed E-state index contributed by atoms with van der Waals surface area (Å²) < 4.78 is 0. The Morgan fingerprint density at radius 3 is 2.53 bits per heavy atom. The molecule has 1 aliphatic rings. The van der Waals surface area contributed by atoms with Crippen LogP contribution in [0.25, 0.3) is 0 Å². The highest BCUT2D eigenvalue weighted by molar-refractivity contribution is 5.78. The number of carbonyl (C=O) groups excluding carboxylic acids is 2. The molecule has 0 unspecified atom stereocenters. The molecule has 1 aliphatic heterocycles. The minimum atomic E-state index is 0.0705. The van der Waals surface area contributed by atoms with Crippen LogP contribution in [0.4, 0.5) is 0 Å². The fourth-order valence-electron chi connectivity index (χ4n) is 1.83. The highest BCUT2D eigenvalue weighted by Crippen LogP contribution is 2.08. The zero-order valence-corrected chi connectivity index (χ0v) is 10.9. The first-order valence-electron chi connectivity index (χ1n) is 6.37. The summed E-state index contributed by atoms with van der Waals surface area (Å²) >= 11 is 0. The molecule has 1 heterocycles. The van der Waals surface area contributed by atoms with Crippen molar-refractivity contribution in [3.8, 4) is 0 Å². The first-order valence-corrected chi connectivity index (χ1v) is 6.37. The number of likely N-dealkylation sites (tertiary alicyclic amines) is 1. The molecule has 0 saturated carbocycles. The van der Waals surface area contributed by atoms with Crippen LogP contribution in [-0.2, 0) is 9.59 Å². The van der Waals surface area contributed by atoms with Gasteiger partial charge in [-0.05, 0) is 19.8 Å². The number of hydrogen-bond donors (Lipinski definition) is 1. The van der Waals surface area contributed by atoms with Crippen LogP contribution in [0.15, 0.2) is 0 Å². The number of hydrogen-bond acceptors (Lipinski definition) is 3. The molecule has 1 fully saturated rings. The fraction of sp³-hybridized carbons (Fsp3) is 0.833. The quantitative estimate of drug-likeness (QED) is 0.669. The van der Waals surface area contributed by atoms with E-state index in [1.165, 1.54) is 0 Å². The van der Waals surface area contributed by atoms with Crippen molar-refractivity contribution in [2.75, 3.05) is 39.8 Å². The molecule has 1 rings (SSSR count). The largest absolute Gasteiger partial charge is 0.345 e. The Hall–Kier alpha value is -1.10. The van der Waals surface area contributed by atoms with Crippen molar-refractivity contribution < 1.29 is 9.59 Å². The number of likely N-dealkylation sites (N-methyl/N-ethyl adjacent to an activating group) is 1. The van der Waals surface area contributed by atoms with Crippen LogP contribution in [0.3, 0.4) is 0 Å². The Bertz CT molecular complexity index is 262. The monoisotopic (exact) mass is 241 g/mol. The third kappa shape index (κ3) is 4.73. The van der Waals surface area contributed by atoms with Crippen molar-refractivity contribution >= 4 is 11.8 Å². The summed E-state index contributed by atoms with van der Waals surface area (Å²) in [5, 5.41) is 3.02. The lowest BCUT2D eigenvalue weighted by atomic mass is 10.3. The maximum Gasteiger partial charge on any atom is 0.236 e. The van der Waals surface area contributed by atoms with E-state index in [1.807, 2.05) is 11.8 Å². The molecule has 0 aliphatic carbocycles. The lowest BCUT2D eigenvalue weighted by molar-refractivity contribution is -0.131. The van der Waals surface area contributed by atoms with Gasteiger partial charge in [-0.2, -0.15) is 0 Å². The Morgan fingerprint density at radius 1 is 1.29 bits per heavy atom. The van der Waals surface area contributed by atoms with E-state index in [0.29, 0.717) is 26.1 Å². The minimum absolute atomic E-state index is 0.0705. The zero-order valence-electron chi connectivity index (χ0n) is 10.9. The number of amides is 2. The molecule has 5 heteroatoms. The van der Waals surface area contributed by atoms with E-state index in [1.54, 1.807) is 11.9 Å². The molecule has 1 saturated heterocycles. The van der Waals surface area contributed by atoms with E-state index in [9.17, 15) is 9.59 Å². The van der Waals surface area contributed by atoms with Crippen LogP contribution in [0.2, 0.25) is 0 Å². The molecule has 0 spiro atoms. The van der Waals surface area contributed by atoms with Gasteiger partial charge in [-0.25, -0.2) is 0 Å².